The van der Waals surface area contributed by atoms with E-state index in [1.807, 2.05) is 0 Å². The normalized spacial score (nSPS) is 9.76. The molecule has 0 fully saturated rings. The minimum absolute atomic E-state index is 0.137. The molecule has 0 heterocycles. The summed E-state index contributed by atoms with van der Waals surface area (Å²) >= 11 is 6.56. The molecule has 0 spiro atoms. The third kappa shape index (κ3) is 24.0. The molecule has 0 saturated carbocycles. The van der Waals surface area contributed by atoms with Crippen molar-refractivity contribution >= 4 is 42.4 Å². The van der Waals surface area contributed by atoms with Gasteiger partial charge in [0.05, 0.1) is 37.0 Å². The van der Waals surface area contributed by atoms with E-state index in [2.05, 4.69) is 68.1 Å². The second kappa shape index (κ2) is 23.6. The SMILES string of the molecule is CC[PH+](CC)CC.CC[PH+](CC)CC.[Br][Pt][Br]. The fourth-order valence-corrected chi connectivity index (χ4v) is 4.50. The molecule has 0 unspecified atom stereocenters. The second-order valence-corrected chi connectivity index (χ2v) is 20.8. The molecule has 0 bridgehead atoms. The van der Waals surface area contributed by atoms with Gasteiger partial charge in [0.25, 0.3) is 0 Å². The van der Waals surface area contributed by atoms with Gasteiger partial charge in [-0.1, -0.05) is 0 Å². The van der Waals surface area contributed by atoms with Gasteiger partial charge in [-0.25, -0.2) is 0 Å². The van der Waals surface area contributed by atoms with Crippen molar-refractivity contribution in [2.75, 3.05) is 37.0 Å². The molecule has 0 atom stereocenters. The average Bonchev–Trinajstić information content (AvgIpc) is 2.35. The molecule has 0 aromatic rings. The summed E-state index contributed by atoms with van der Waals surface area (Å²) in [5.41, 5.74) is 0. The Morgan fingerprint density at radius 3 is 0.706 bits per heavy atom. The van der Waals surface area contributed by atoms with Crippen LogP contribution in [0.2, 0.25) is 0 Å². The van der Waals surface area contributed by atoms with Crippen molar-refractivity contribution in [1.29, 1.82) is 0 Å². The summed E-state index contributed by atoms with van der Waals surface area (Å²) in [6.45, 7) is 13.8. The summed E-state index contributed by atoms with van der Waals surface area (Å²) in [4.78, 5) is 0. The summed E-state index contributed by atoms with van der Waals surface area (Å²) in [5.74, 6) is 0. The molecule has 0 aliphatic heterocycles. The Balaban J connectivity index is -0.000000188. The van der Waals surface area contributed by atoms with E-state index in [0.717, 1.165) is 0 Å². The molecule has 5 heteroatoms. The van der Waals surface area contributed by atoms with Gasteiger partial charge in [-0.15, -0.1) is 0 Å². The summed E-state index contributed by atoms with van der Waals surface area (Å²) in [7, 11) is 0.275. The van der Waals surface area contributed by atoms with Crippen molar-refractivity contribution < 1.29 is 14.5 Å². The van der Waals surface area contributed by atoms with E-state index in [4.69, 9.17) is 0 Å². The maximum absolute atomic E-state index is 3.17. The Hall–Kier alpha value is 2.51. The third-order valence-electron chi connectivity index (χ3n) is 3.00. The molecular weight excluding hydrogens is 561 g/mol. The zero-order valence-electron chi connectivity index (χ0n) is 12.3. The summed E-state index contributed by atoms with van der Waals surface area (Å²) in [5, 5.41) is 0. The van der Waals surface area contributed by atoms with Gasteiger partial charge in [-0.05, 0) is 57.4 Å². The van der Waals surface area contributed by atoms with E-state index in [1.54, 1.807) is 0 Å². The molecule has 0 amide bonds. The molecule has 0 saturated heterocycles. The van der Waals surface area contributed by atoms with Crippen molar-refractivity contribution in [3.8, 4) is 0 Å². The van der Waals surface area contributed by atoms with E-state index in [9.17, 15) is 0 Å². The fraction of sp³-hybridized carbons (Fsp3) is 1.00. The molecule has 0 aromatic heterocycles. The predicted octanol–water partition coefficient (Wildman–Crippen LogP) is 6.21. The fourth-order valence-electron chi connectivity index (χ4n) is 1.50. The Morgan fingerprint density at radius 2 is 0.706 bits per heavy atom. The molecule has 0 aromatic carbocycles. The third-order valence-corrected chi connectivity index (χ3v) is 9.00. The van der Waals surface area contributed by atoms with Crippen LogP contribution < -0.4 is 0 Å². The quantitative estimate of drug-likeness (QED) is 0.322. The molecule has 17 heavy (non-hydrogen) atoms. The molecular formula is C12H32Br2P2Pt+2. The monoisotopic (exact) mass is 591 g/mol. The Bertz CT molecular complexity index is 87.7. The molecule has 0 rings (SSSR count). The molecule has 0 aliphatic rings. The van der Waals surface area contributed by atoms with E-state index in [0.29, 0.717) is 0 Å². The van der Waals surface area contributed by atoms with Gasteiger partial charge >= 0.3 is 41.0 Å². The summed E-state index contributed by atoms with van der Waals surface area (Å²) < 4.78 is 0. The van der Waals surface area contributed by atoms with E-state index in [-0.39, 0.29) is 30.3 Å². The average molecular weight is 593 g/mol. The Labute approximate surface area is 134 Å². The molecule has 112 valence electrons. The summed E-state index contributed by atoms with van der Waals surface area (Å²) in [6.07, 6.45) is 8.74. The zero-order chi connectivity index (χ0) is 14.1. The first-order valence-electron chi connectivity index (χ1n) is 6.60. The Morgan fingerprint density at radius 1 is 0.588 bits per heavy atom. The van der Waals surface area contributed by atoms with Crippen LogP contribution in [0.25, 0.3) is 0 Å². The van der Waals surface area contributed by atoms with Crippen molar-refractivity contribution in [2.24, 2.45) is 0 Å². The number of hydrogen-bond donors (Lipinski definition) is 0. The van der Waals surface area contributed by atoms with Crippen LogP contribution in [0.5, 0.6) is 0 Å². The van der Waals surface area contributed by atoms with Gasteiger partial charge in [-0.2, -0.15) is 0 Å². The van der Waals surface area contributed by atoms with Crippen molar-refractivity contribution in [2.45, 2.75) is 41.5 Å². The van der Waals surface area contributed by atoms with Crippen LogP contribution in [-0.2, 0) is 14.5 Å². The molecule has 0 aliphatic carbocycles. The Kier molecular flexibility index (Phi) is 34.0. The van der Waals surface area contributed by atoms with Crippen LogP contribution in [0.15, 0.2) is 0 Å². The maximum atomic E-state index is 3.17. The minimum atomic E-state index is 0.137. The van der Waals surface area contributed by atoms with Crippen LogP contribution in [0.4, 0.5) is 0 Å². The van der Waals surface area contributed by atoms with Gasteiger partial charge in [0.2, 0.25) is 0 Å². The van der Waals surface area contributed by atoms with Crippen LogP contribution in [0.1, 0.15) is 41.5 Å². The molecule has 0 N–H and O–H groups in total. The first-order chi connectivity index (χ1) is 8.11. The standard InChI is InChI=1S/2C6H15P.2BrH.Pt/c2*1-4-7(5-2)6-3;;;/h2*4-6H2,1-3H3;2*1H;/q;;;;+2. The van der Waals surface area contributed by atoms with Crippen LogP contribution >= 0.6 is 42.4 Å². The molecule has 0 nitrogen and oxygen atoms in total. The van der Waals surface area contributed by atoms with Crippen LogP contribution in [-0.4, -0.2) is 37.0 Å². The van der Waals surface area contributed by atoms with Gasteiger partial charge in [0.1, 0.15) is 0 Å². The summed E-state index contributed by atoms with van der Waals surface area (Å²) in [6, 6.07) is 0. The number of halogens is 2. The van der Waals surface area contributed by atoms with Crippen molar-refractivity contribution in [3.63, 3.8) is 0 Å². The second-order valence-electron chi connectivity index (χ2n) is 3.67. The van der Waals surface area contributed by atoms with Gasteiger partial charge in [0, 0.05) is 0 Å². The first kappa shape index (κ1) is 24.5. The van der Waals surface area contributed by atoms with Gasteiger partial charge in [-0.3, -0.25) is 0 Å². The van der Waals surface area contributed by atoms with E-state index in [1.165, 1.54) is 37.0 Å². The van der Waals surface area contributed by atoms with Crippen LogP contribution in [0, 0.1) is 0 Å². The molecule has 0 radical (unpaired) electrons. The zero-order valence-corrected chi connectivity index (χ0v) is 19.8. The van der Waals surface area contributed by atoms with E-state index < -0.39 is 0 Å². The van der Waals surface area contributed by atoms with Crippen molar-refractivity contribution in [3.05, 3.63) is 0 Å². The number of hydrogen-bond acceptors (Lipinski definition) is 0. The van der Waals surface area contributed by atoms with Crippen molar-refractivity contribution in [1.82, 2.24) is 0 Å². The first-order valence-corrected chi connectivity index (χ1v) is 20.8. The predicted molar refractivity (Wildman–Crippen MR) is 97.7 cm³/mol. The van der Waals surface area contributed by atoms with Crippen LogP contribution in [0.3, 0.4) is 0 Å². The number of rotatable bonds is 6. The van der Waals surface area contributed by atoms with Gasteiger partial charge in [0.15, 0.2) is 0 Å². The topological polar surface area (TPSA) is 0 Å². The van der Waals surface area contributed by atoms with Gasteiger partial charge < -0.3 is 0 Å². The van der Waals surface area contributed by atoms with E-state index >= 15 is 0 Å².